The van der Waals surface area contributed by atoms with Gasteiger partial charge in [0.25, 0.3) is 0 Å². The Labute approximate surface area is 102 Å². The van der Waals surface area contributed by atoms with Crippen LogP contribution in [0.1, 0.15) is 5.69 Å². The third-order valence-electron chi connectivity index (χ3n) is 2.16. The van der Waals surface area contributed by atoms with Gasteiger partial charge in [-0.1, -0.05) is 11.8 Å². The van der Waals surface area contributed by atoms with Gasteiger partial charge < -0.3 is 5.11 Å². The number of carboxylic acids is 1. The second-order valence-corrected chi connectivity index (χ2v) is 4.49. The number of thioether (sulfide) groups is 1. The Hall–Kier alpha value is -1.76. The van der Waals surface area contributed by atoms with E-state index in [0.29, 0.717) is 5.16 Å². The molecule has 0 saturated carbocycles. The minimum Gasteiger partial charge on any atom is -0.481 e. The molecule has 0 bridgehead atoms. The van der Waals surface area contributed by atoms with Crippen LogP contribution in [0.5, 0.6) is 0 Å². The third-order valence-corrected chi connectivity index (χ3v) is 3.10. The maximum Gasteiger partial charge on any atom is 0.313 e. The van der Waals surface area contributed by atoms with E-state index >= 15 is 0 Å². The number of nitrogens with zero attached hydrogens (tertiary/aromatic N) is 4. The van der Waals surface area contributed by atoms with Crippen LogP contribution in [0.3, 0.4) is 0 Å². The van der Waals surface area contributed by atoms with Crippen LogP contribution in [-0.4, -0.2) is 36.2 Å². The van der Waals surface area contributed by atoms with Gasteiger partial charge in [-0.2, -0.15) is 5.10 Å². The van der Waals surface area contributed by atoms with Crippen molar-refractivity contribution in [2.75, 3.05) is 5.75 Å². The molecule has 0 aliphatic carbocycles. The SMILES string of the molecule is Cc1cnc(SCC(=O)O)n1-c1ccn(C)n1. The monoisotopic (exact) mass is 252 g/mol. The zero-order valence-corrected chi connectivity index (χ0v) is 10.3. The van der Waals surface area contributed by atoms with Gasteiger partial charge in [0.15, 0.2) is 11.0 Å². The zero-order valence-electron chi connectivity index (χ0n) is 9.49. The highest BCUT2D eigenvalue weighted by molar-refractivity contribution is 7.99. The van der Waals surface area contributed by atoms with Gasteiger partial charge in [-0.05, 0) is 6.92 Å². The molecular formula is C10H12N4O2S. The number of aromatic nitrogens is 4. The van der Waals surface area contributed by atoms with Crippen molar-refractivity contribution in [2.24, 2.45) is 7.05 Å². The highest BCUT2D eigenvalue weighted by Crippen LogP contribution is 2.21. The van der Waals surface area contributed by atoms with Crippen LogP contribution in [-0.2, 0) is 11.8 Å². The van der Waals surface area contributed by atoms with Crippen molar-refractivity contribution in [1.82, 2.24) is 19.3 Å². The summed E-state index contributed by atoms with van der Waals surface area (Å²) in [6.45, 7) is 1.91. The van der Waals surface area contributed by atoms with E-state index in [2.05, 4.69) is 10.1 Å². The Morgan fingerprint density at radius 3 is 2.94 bits per heavy atom. The van der Waals surface area contributed by atoms with E-state index in [1.54, 1.807) is 10.9 Å². The number of carbonyl (C=O) groups is 1. The average molecular weight is 252 g/mol. The predicted molar refractivity (Wildman–Crippen MR) is 63.4 cm³/mol. The summed E-state index contributed by atoms with van der Waals surface area (Å²) >= 11 is 1.18. The van der Waals surface area contributed by atoms with Gasteiger partial charge in [-0.25, -0.2) is 4.98 Å². The summed E-state index contributed by atoms with van der Waals surface area (Å²) in [7, 11) is 1.83. The molecule has 0 amide bonds. The topological polar surface area (TPSA) is 72.9 Å². The van der Waals surface area contributed by atoms with E-state index in [1.165, 1.54) is 11.8 Å². The minimum atomic E-state index is -0.858. The first-order valence-corrected chi connectivity index (χ1v) is 5.95. The maximum absolute atomic E-state index is 10.6. The van der Waals surface area contributed by atoms with Crippen LogP contribution >= 0.6 is 11.8 Å². The molecule has 2 aromatic rings. The quantitative estimate of drug-likeness (QED) is 0.825. The molecule has 0 aliphatic rings. The van der Waals surface area contributed by atoms with E-state index in [1.807, 2.05) is 30.8 Å². The second kappa shape index (κ2) is 4.62. The lowest BCUT2D eigenvalue weighted by molar-refractivity contribution is -0.133. The minimum absolute atomic E-state index is 0.0106. The fourth-order valence-corrected chi connectivity index (χ4v) is 2.19. The molecule has 0 spiro atoms. The van der Waals surface area contributed by atoms with E-state index in [0.717, 1.165) is 11.5 Å². The first kappa shape index (κ1) is 11.7. The molecule has 0 unspecified atom stereocenters. The Bertz CT molecular complexity index is 546. The van der Waals surface area contributed by atoms with Crippen molar-refractivity contribution in [1.29, 1.82) is 0 Å². The van der Waals surface area contributed by atoms with Crippen molar-refractivity contribution >= 4 is 17.7 Å². The number of hydrogen-bond donors (Lipinski definition) is 1. The molecule has 0 saturated heterocycles. The lowest BCUT2D eigenvalue weighted by Crippen LogP contribution is -2.04. The Morgan fingerprint density at radius 2 is 2.35 bits per heavy atom. The molecular weight excluding hydrogens is 240 g/mol. The Balaban J connectivity index is 2.32. The van der Waals surface area contributed by atoms with Gasteiger partial charge in [0.2, 0.25) is 0 Å². The van der Waals surface area contributed by atoms with E-state index in [4.69, 9.17) is 5.11 Å². The molecule has 17 heavy (non-hydrogen) atoms. The van der Waals surface area contributed by atoms with Gasteiger partial charge in [0.05, 0.1) is 5.75 Å². The summed E-state index contributed by atoms with van der Waals surface area (Å²) in [5.41, 5.74) is 0.927. The highest BCUT2D eigenvalue weighted by atomic mass is 32.2. The average Bonchev–Trinajstić information content (AvgIpc) is 2.82. The van der Waals surface area contributed by atoms with Gasteiger partial charge in [-0.3, -0.25) is 14.0 Å². The van der Waals surface area contributed by atoms with E-state index < -0.39 is 5.97 Å². The van der Waals surface area contributed by atoms with Crippen molar-refractivity contribution in [2.45, 2.75) is 12.1 Å². The fraction of sp³-hybridized carbons (Fsp3) is 0.300. The first-order valence-electron chi connectivity index (χ1n) is 4.97. The van der Waals surface area contributed by atoms with Crippen LogP contribution in [0.2, 0.25) is 0 Å². The van der Waals surface area contributed by atoms with Crippen molar-refractivity contribution in [3.8, 4) is 5.82 Å². The molecule has 7 heteroatoms. The lowest BCUT2D eigenvalue weighted by Gasteiger charge is -2.05. The lowest BCUT2D eigenvalue weighted by atomic mass is 10.5. The van der Waals surface area contributed by atoms with Gasteiger partial charge in [-0.15, -0.1) is 0 Å². The number of rotatable bonds is 4. The summed E-state index contributed by atoms with van der Waals surface area (Å²) in [5.74, 6) is -0.123. The second-order valence-electron chi connectivity index (χ2n) is 3.55. The van der Waals surface area contributed by atoms with Crippen LogP contribution in [0.4, 0.5) is 0 Å². The number of aliphatic carboxylic acids is 1. The normalized spacial score (nSPS) is 10.7. The van der Waals surface area contributed by atoms with E-state index in [9.17, 15) is 4.79 Å². The zero-order chi connectivity index (χ0) is 12.4. The molecule has 0 radical (unpaired) electrons. The third kappa shape index (κ3) is 2.50. The molecule has 2 heterocycles. The molecule has 0 aliphatic heterocycles. The number of hydrogen-bond acceptors (Lipinski definition) is 4. The Morgan fingerprint density at radius 1 is 1.59 bits per heavy atom. The molecule has 6 nitrogen and oxygen atoms in total. The summed E-state index contributed by atoms with van der Waals surface area (Å²) in [4.78, 5) is 14.7. The van der Waals surface area contributed by atoms with E-state index in [-0.39, 0.29) is 5.75 Å². The molecule has 0 atom stereocenters. The van der Waals surface area contributed by atoms with Crippen LogP contribution < -0.4 is 0 Å². The summed E-state index contributed by atoms with van der Waals surface area (Å²) in [6, 6.07) is 1.86. The highest BCUT2D eigenvalue weighted by Gasteiger charge is 2.12. The summed E-state index contributed by atoms with van der Waals surface area (Å²) in [6.07, 6.45) is 3.54. The van der Waals surface area contributed by atoms with Gasteiger partial charge in [0.1, 0.15) is 0 Å². The largest absolute Gasteiger partial charge is 0.481 e. The molecule has 1 N–H and O–H groups in total. The van der Waals surface area contributed by atoms with Crippen molar-refractivity contribution in [3.63, 3.8) is 0 Å². The molecule has 2 aromatic heterocycles. The molecule has 2 rings (SSSR count). The predicted octanol–water partition coefficient (Wildman–Crippen LogP) is 1.09. The standard InChI is InChI=1S/C10H12N4O2S/c1-7-5-11-10(17-6-9(15)16)14(7)8-3-4-13(2)12-8/h3-5H,6H2,1-2H3,(H,15,16). The number of carboxylic acid groups (broad SMARTS) is 1. The molecule has 0 aromatic carbocycles. The van der Waals surface area contributed by atoms with Crippen LogP contribution in [0.25, 0.3) is 5.82 Å². The fourth-order valence-electron chi connectivity index (χ4n) is 1.44. The van der Waals surface area contributed by atoms with Crippen molar-refractivity contribution in [3.05, 3.63) is 24.2 Å². The molecule has 0 fully saturated rings. The van der Waals surface area contributed by atoms with Crippen LogP contribution in [0, 0.1) is 6.92 Å². The van der Waals surface area contributed by atoms with Crippen molar-refractivity contribution < 1.29 is 9.90 Å². The van der Waals surface area contributed by atoms with Crippen LogP contribution in [0.15, 0.2) is 23.6 Å². The van der Waals surface area contributed by atoms with Gasteiger partial charge >= 0.3 is 5.97 Å². The molecule has 90 valence electrons. The smallest absolute Gasteiger partial charge is 0.313 e. The maximum atomic E-state index is 10.6. The summed E-state index contributed by atoms with van der Waals surface area (Å²) in [5, 5.41) is 13.6. The number of aryl methyl sites for hydroxylation is 2. The summed E-state index contributed by atoms with van der Waals surface area (Å²) < 4.78 is 3.54. The Kier molecular flexibility index (Phi) is 3.19. The number of imidazole rings is 1. The first-order chi connectivity index (χ1) is 8.08. The van der Waals surface area contributed by atoms with Gasteiger partial charge in [0, 0.05) is 31.2 Å².